The van der Waals surface area contributed by atoms with E-state index in [0.29, 0.717) is 5.82 Å². The summed E-state index contributed by atoms with van der Waals surface area (Å²) in [6, 6.07) is 9.55. The van der Waals surface area contributed by atoms with Crippen molar-refractivity contribution >= 4 is 10.9 Å². The number of benzene rings is 1. The first-order valence-corrected chi connectivity index (χ1v) is 5.37. The van der Waals surface area contributed by atoms with E-state index in [1.807, 2.05) is 30.3 Å². The fourth-order valence-corrected chi connectivity index (χ4v) is 1.93. The molecule has 0 spiro atoms. The summed E-state index contributed by atoms with van der Waals surface area (Å²) < 4.78 is 0. The lowest BCUT2D eigenvalue weighted by atomic mass is 10.0. The maximum Gasteiger partial charge on any atom is 0.139 e. The zero-order chi connectivity index (χ0) is 11.7. The number of fused-ring (bicyclic) bond motifs is 1. The van der Waals surface area contributed by atoms with Crippen molar-refractivity contribution in [2.45, 2.75) is 6.10 Å². The van der Waals surface area contributed by atoms with Gasteiger partial charge in [0.1, 0.15) is 11.9 Å². The number of para-hydroxylation sites is 1. The largest absolute Gasteiger partial charge is 0.380 e. The molecule has 0 fully saturated rings. The molecule has 0 radical (unpaired) electrons. The van der Waals surface area contributed by atoms with E-state index in [1.165, 1.54) is 0 Å². The van der Waals surface area contributed by atoms with Crippen molar-refractivity contribution in [3.63, 3.8) is 0 Å². The Balaban J connectivity index is 2.17. The number of nitrogens with zero attached hydrogens (tertiary/aromatic N) is 2. The highest BCUT2D eigenvalue weighted by Crippen LogP contribution is 2.25. The number of H-pyrrole nitrogens is 1. The van der Waals surface area contributed by atoms with Crippen LogP contribution >= 0.6 is 0 Å². The first kappa shape index (κ1) is 9.99. The van der Waals surface area contributed by atoms with Crippen LogP contribution in [0, 0.1) is 0 Å². The van der Waals surface area contributed by atoms with Crippen LogP contribution in [0.2, 0.25) is 0 Å². The number of aliphatic hydroxyl groups is 1. The average Bonchev–Trinajstić information content (AvgIpc) is 2.91. The highest BCUT2D eigenvalue weighted by molar-refractivity contribution is 5.82. The third kappa shape index (κ3) is 1.68. The van der Waals surface area contributed by atoms with Gasteiger partial charge in [-0.25, -0.2) is 4.98 Å². The first-order valence-electron chi connectivity index (χ1n) is 5.37. The number of imidazole rings is 1. The zero-order valence-corrected chi connectivity index (χ0v) is 9.04. The number of hydrogen-bond donors (Lipinski definition) is 2. The summed E-state index contributed by atoms with van der Waals surface area (Å²) >= 11 is 0. The van der Waals surface area contributed by atoms with Crippen LogP contribution in [-0.4, -0.2) is 20.1 Å². The van der Waals surface area contributed by atoms with Crippen LogP contribution in [-0.2, 0) is 0 Å². The molecule has 3 rings (SSSR count). The van der Waals surface area contributed by atoms with Crippen LogP contribution in [0.4, 0.5) is 0 Å². The molecular formula is C13H11N3O. The molecule has 2 N–H and O–H groups in total. The van der Waals surface area contributed by atoms with Crippen molar-refractivity contribution < 1.29 is 5.11 Å². The molecule has 2 heterocycles. The second kappa shape index (κ2) is 3.99. The normalized spacial score (nSPS) is 12.8. The molecule has 4 heteroatoms. The molecule has 1 unspecified atom stereocenters. The van der Waals surface area contributed by atoms with Gasteiger partial charge in [0, 0.05) is 24.0 Å². The van der Waals surface area contributed by atoms with Crippen LogP contribution in [0.1, 0.15) is 17.5 Å². The van der Waals surface area contributed by atoms with Gasteiger partial charge in [0.2, 0.25) is 0 Å². The SMILES string of the molecule is OC(c1ncc[nH]1)c1ccnc2ccccc12. The van der Waals surface area contributed by atoms with Gasteiger partial charge in [-0.3, -0.25) is 4.98 Å². The predicted octanol–water partition coefficient (Wildman–Crippen LogP) is 2.04. The third-order valence-corrected chi connectivity index (χ3v) is 2.76. The summed E-state index contributed by atoms with van der Waals surface area (Å²) in [5.74, 6) is 0.543. The minimum absolute atomic E-state index is 0.543. The Hall–Kier alpha value is -2.20. The summed E-state index contributed by atoms with van der Waals surface area (Å²) in [4.78, 5) is 11.3. The van der Waals surface area contributed by atoms with Crippen LogP contribution in [0.15, 0.2) is 48.9 Å². The Labute approximate surface area is 98.0 Å². The van der Waals surface area contributed by atoms with E-state index in [-0.39, 0.29) is 0 Å². The Bertz CT molecular complexity index is 629. The van der Waals surface area contributed by atoms with Crippen molar-refractivity contribution in [2.75, 3.05) is 0 Å². The Morgan fingerprint density at radius 1 is 1.06 bits per heavy atom. The monoisotopic (exact) mass is 225 g/mol. The molecule has 1 aromatic carbocycles. The molecular weight excluding hydrogens is 214 g/mol. The van der Waals surface area contributed by atoms with E-state index in [4.69, 9.17) is 0 Å². The quantitative estimate of drug-likeness (QED) is 0.701. The van der Waals surface area contributed by atoms with Gasteiger partial charge in [0.15, 0.2) is 0 Å². The molecule has 0 amide bonds. The zero-order valence-electron chi connectivity index (χ0n) is 9.04. The number of hydrogen-bond acceptors (Lipinski definition) is 3. The summed E-state index contributed by atoms with van der Waals surface area (Å²) in [7, 11) is 0. The van der Waals surface area contributed by atoms with Crippen LogP contribution in [0.3, 0.4) is 0 Å². The van der Waals surface area contributed by atoms with Gasteiger partial charge in [-0.05, 0) is 17.7 Å². The topological polar surface area (TPSA) is 61.8 Å². The van der Waals surface area contributed by atoms with Crippen molar-refractivity contribution in [1.29, 1.82) is 0 Å². The second-order valence-corrected chi connectivity index (χ2v) is 3.79. The Kier molecular flexibility index (Phi) is 2.34. The van der Waals surface area contributed by atoms with E-state index in [9.17, 15) is 5.11 Å². The number of rotatable bonds is 2. The van der Waals surface area contributed by atoms with E-state index < -0.39 is 6.10 Å². The van der Waals surface area contributed by atoms with Gasteiger partial charge >= 0.3 is 0 Å². The van der Waals surface area contributed by atoms with E-state index in [2.05, 4.69) is 15.0 Å². The third-order valence-electron chi connectivity index (χ3n) is 2.76. The molecule has 0 aliphatic heterocycles. The standard InChI is InChI=1S/C13H11N3O/c17-12(13-15-7-8-16-13)10-5-6-14-11-4-2-1-3-9(10)11/h1-8,12,17H,(H,15,16). The minimum Gasteiger partial charge on any atom is -0.380 e. The van der Waals surface area contributed by atoms with Gasteiger partial charge in [-0.15, -0.1) is 0 Å². The fourth-order valence-electron chi connectivity index (χ4n) is 1.93. The van der Waals surface area contributed by atoms with Gasteiger partial charge in [0.25, 0.3) is 0 Å². The number of nitrogens with one attached hydrogen (secondary N) is 1. The molecule has 2 aromatic heterocycles. The van der Waals surface area contributed by atoms with E-state index >= 15 is 0 Å². The van der Waals surface area contributed by atoms with Gasteiger partial charge < -0.3 is 10.1 Å². The Morgan fingerprint density at radius 2 is 1.94 bits per heavy atom. The molecule has 0 aliphatic carbocycles. The molecule has 4 nitrogen and oxygen atoms in total. The fraction of sp³-hybridized carbons (Fsp3) is 0.0769. The number of aromatic nitrogens is 3. The van der Waals surface area contributed by atoms with Crippen LogP contribution < -0.4 is 0 Å². The van der Waals surface area contributed by atoms with Gasteiger partial charge in [-0.2, -0.15) is 0 Å². The van der Waals surface area contributed by atoms with Gasteiger partial charge in [0.05, 0.1) is 5.52 Å². The molecule has 0 bridgehead atoms. The van der Waals surface area contributed by atoms with E-state index in [0.717, 1.165) is 16.5 Å². The number of aliphatic hydroxyl groups excluding tert-OH is 1. The average molecular weight is 225 g/mol. The molecule has 84 valence electrons. The number of aromatic amines is 1. The maximum atomic E-state index is 10.3. The van der Waals surface area contributed by atoms with Crippen molar-refractivity contribution in [3.05, 3.63) is 60.3 Å². The highest BCUT2D eigenvalue weighted by atomic mass is 16.3. The molecule has 1 atom stereocenters. The number of pyridine rings is 1. The lowest BCUT2D eigenvalue weighted by Gasteiger charge is -2.10. The second-order valence-electron chi connectivity index (χ2n) is 3.79. The van der Waals surface area contributed by atoms with Crippen LogP contribution in [0.5, 0.6) is 0 Å². The van der Waals surface area contributed by atoms with E-state index in [1.54, 1.807) is 18.6 Å². The summed E-state index contributed by atoms with van der Waals surface area (Å²) in [6.45, 7) is 0. The molecule has 0 saturated carbocycles. The molecule has 0 saturated heterocycles. The summed E-state index contributed by atoms with van der Waals surface area (Å²) in [5, 5.41) is 11.2. The van der Waals surface area contributed by atoms with Crippen LogP contribution in [0.25, 0.3) is 10.9 Å². The Morgan fingerprint density at radius 3 is 2.76 bits per heavy atom. The van der Waals surface area contributed by atoms with Gasteiger partial charge in [-0.1, -0.05) is 18.2 Å². The molecule has 0 aliphatic rings. The first-order chi connectivity index (χ1) is 8.36. The van der Waals surface area contributed by atoms with Crippen molar-refractivity contribution in [2.24, 2.45) is 0 Å². The molecule has 17 heavy (non-hydrogen) atoms. The predicted molar refractivity (Wildman–Crippen MR) is 64.4 cm³/mol. The van der Waals surface area contributed by atoms with Crippen molar-refractivity contribution in [1.82, 2.24) is 15.0 Å². The van der Waals surface area contributed by atoms with Crippen molar-refractivity contribution in [3.8, 4) is 0 Å². The maximum absolute atomic E-state index is 10.3. The smallest absolute Gasteiger partial charge is 0.139 e. The summed E-state index contributed by atoms with van der Waals surface area (Å²) in [5.41, 5.74) is 1.68. The summed E-state index contributed by atoms with van der Waals surface area (Å²) in [6.07, 6.45) is 4.27. The minimum atomic E-state index is -0.752. The highest BCUT2D eigenvalue weighted by Gasteiger charge is 2.15. The lowest BCUT2D eigenvalue weighted by molar-refractivity contribution is 0.212. The molecule has 3 aromatic rings. The lowest BCUT2D eigenvalue weighted by Crippen LogP contribution is -2.03.